The number of thiophene rings is 1. The molecule has 0 radical (unpaired) electrons. The molecular weight excluding hydrogens is 378 g/mol. The molecule has 0 spiro atoms. The van der Waals surface area contributed by atoms with Crippen LogP contribution in [0.2, 0.25) is 4.34 Å². The number of amides is 2. The minimum atomic E-state index is -0.280. The van der Waals surface area contributed by atoms with Crippen molar-refractivity contribution in [1.29, 1.82) is 0 Å². The van der Waals surface area contributed by atoms with Crippen LogP contribution >= 0.6 is 34.3 Å². The summed E-state index contributed by atoms with van der Waals surface area (Å²) in [7, 11) is 0. The molecular formula is C17H14ClN3O2S2. The van der Waals surface area contributed by atoms with Gasteiger partial charge in [0.25, 0.3) is 5.91 Å². The number of thiazole rings is 1. The van der Waals surface area contributed by atoms with E-state index in [0.717, 1.165) is 10.6 Å². The Morgan fingerprint density at radius 3 is 2.76 bits per heavy atom. The summed E-state index contributed by atoms with van der Waals surface area (Å²) in [6.45, 7) is 1.77. The Hall–Kier alpha value is -2.22. The average molecular weight is 392 g/mol. The standard InChI is InChI=1S/C17H14ClN3O2S2/c1-2-15(22)19-11-5-3-4-10(8-11)16(23)21-17-20-12(9-24-17)13-6-7-14(18)25-13/h3-9H,2H2,1H3,(H,19,22)(H,20,21,23). The molecule has 5 nitrogen and oxygen atoms in total. The number of benzene rings is 1. The first-order valence-corrected chi connectivity index (χ1v) is 9.55. The predicted molar refractivity (Wildman–Crippen MR) is 104 cm³/mol. The van der Waals surface area contributed by atoms with Crippen LogP contribution in [0, 0.1) is 0 Å². The van der Waals surface area contributed by atoms with Crippen molar-refractivity contribution in [2.75, 3.05) is 10.6 Å². The van der Waals surface area contributed by atoms with Crippen LogP contribution in [0.4, 0.5) is 10.8 Å². The number of nitrogens with one attached hydrogen (secondary N) is 2. The third kappa shape index (κ3) is 4.45. The second-order valence-electron chi connectivity index (χ2n) is 5.08. The SMILES string of the molecule is CCC(=O)Nc1cccc(C(=O)Nc2nc(-c3ccc(Cl)s3)cs2)c1. The fourth-order valence-electron chi connectivity index (χ4n) is 2.05. The predicted octanol–water partition coefficient (Wildman–Crippen LogP) is 5.13. The molecule has 2 aromatic heterocycles. The van der Waals surface area contributed by atoms with E-state index >= 15 is 0 Å². The van der Waals surface area contributed by atoms with Crippen LogP contribution in [0.15, 0.2) is 41.8 Å². The van der Waals surface area contributed by atoms with Gasteiger partial charge in [0.05, 0.1) is 14.9 Å². The van der Waals surface area contributed by atoms with Crippen molar-refractivity contribution in [3.05, 3.63) is 51.7 Å². The fraction of sp³-hybridized carbons (Fsp3) is 0.118. The Morgan fingerprint density at radius 1 is 1.20 bits per heavy atom. The van der Waals surface area contributed by atoms with Crippen LogP contribution in [-0.2, 0) is 4.79 Å². The van der Waals surface area contributed by atoms with E-state index in [-0.39, 0.29) is 11.8 Å². The highest BCUT2D eigenvalue weighted by Gasteiger charge is 2.12. The van der Waals surface area contributed by atoms with Gasteiger partial charge in [0, 0.05) is 23.1 Å². The topological polar surface area (TPSA) is 71.1 Å². The number of carbonyl (C=O) groups is 2. The van der Waals surface area contributed by atoms with Crippen LogP contribution in [0.25, 0.3) is 10.6 Å². The number of halogens is 1. The number of carbonyl (C=O) groups excluding carboxylic acids is 2. The molecule has 0 saturated heterocycles. The van der Waals surface area contributed by atoms with Gasteiger partial charge in [0.2, 0.25) is 5.91 Å². The van der Waals surface area contributed by atoms with E-state index < -0.39 is 0 Å². The summed E-state index contributed by atoms with van der Waals surface area (Å²) < 4.78 is 0.694. The molecule has 8 heteroatoms. The summed E-state index contributed by atoms with van der Waals surface area (Å²) in [4.78, 5) is 29.2. The van der Waals surface area contributed by atoms with E-state index in [1.807, 2.05) is 17.5 Å². The maximum absolute atomic E-state index is 12.4. The monoisotopic (exact) mass is 391 g/mol. The Labute approximate surface area is 157 Å². The first kappa shape index (κ1) is 17.6. The summed E-state index contributed by atoms with van der Waals surface area (Å²) in [6.07, 6.45) is 0.380. The van der Waals surface area contributed by atoms with Crippen molar-refractivity contribution < 1.29 is 9.59 Å². The smallest absolute Gasteiger partial charge is 0.257 e. The molecule has 3 rings (SSSR count). The molecule has 0 fully saturated rings. The maximum Gasteiger partial charge on any atom is 0.257 e. The van der Waals surface area contributed by atoms with Gasteiger partial charge in [-0.2, -0.15) is 0 Å². The zero-order chi connectivity index (χ0) is 17.8. The van der Waals surface area contributed by atoms with Gasteiger partial charge in [0.15, 0.2) is 5.13 Å². The van der Waals surface area contributed by atoms with E-state index in [1.165, 1.54) is 22.7 Å². The highest BCUT2D eigenvalue weighted by Crippen LogP contribution is 2.32. The third-order valence-corrected chi connectivity index (χ3v) is 5.29. The zero-order valence-electron chi connectivity index (χ0n) is 13.2. The van der Waals surface area contributed by atoms with Crippen molar-refractivity contribution >= 4 is 56.9 Å². The van der Waals surface area contributed by atoms with Crippen molar-refractivity contribution in [3.63, 3.8) is 0 Å². The molecule has 128 valence electrons. The minimum absolute atomic E-state index is 0.100. The van der Waals surface area contributed by atoms with E-state index in [4.69, 9.17) is 11.6 Å². The second-order valence-corrected chi connectivity index (χ2v) is 7.65. The molecule has 0 atom stereocenters. The average Bonchev–Trinajstić information content (AvgIpc) is 3.24. The fourth-order valence-corrected chi connectivity index (χ4v) is 3.84. The van der Waals surface area contributed by atoms with E-state index in [9.17, 15) is 9.59 Å². The van der Waals surface area contributed by atoms with Crippen LogP contribution in [-0.4, -0.2) is 16.8 Å². The van der Waals surface area contributed by atoms with E-state index in [1.54, 1.807) is 31.2 Å². The molecule has 0 bridgehead atoms. The molecule has 25 heavy (non-hydrogen) atoms. The number of aromatic nitrogens is 1. The molecule has 0 unspecified atom stereocenters. The van der Waals surface area contributed by atoms with Gasteiger partial charge in [-0.05, 0) is 30.3 Å². The van der Waals surface area contributed by atoms with Crippen molar-refractivity contribution in [1.82, 2.24) is 4.98 Å². The van der Waals surface area contributed by atoms with Crippen LogP contribution in [0.1, 0.15) is 23.7 Å². The number of rotatable bonds is 5. The summed E-state index contributed by atoms with van der Waals surface area (Å²) in [5, 5.41) is 7.89. The molecule has 2 heterocycles. The van der Waals surface area contributed by atoms with E-state index in [0.29, 0.717) is 27.1 Å². The molecule has 0 aliphatic rings. The van der Waals surface area contributed by atoms with Crippen molar-refractivity contribution in [3.8, 4) is 10.6 Å². The first-order chi connectivity index (χ1) is 12.0. The van der Waals surface area contributed by atoms with Gasteiger partial charge in [-0.25, -0.2) is 4.98 Å². The highest BCUT2D eigenvalue weighted by molar-refractivity contribution is 7.20. The Morgan fingerprint density at radius 2 is 2.04 bits per heavy atom. The summed E-state index contributed by atoms with van der Waals surface area (Å²) in [5.74, 6) is -0.380. The number of hydrogen-bond donors (Lipinski definition) is 2. The minimum Gasteiger partial charge on any atom is -0.326 e. The second kappa shape index (κ2) is 7.77. The first-order valence-electron chi connectivity index (χ1n) is 7.47. The molecule has 1 aromatic carbocycles. The molecule has 3 aromatic rings. The van der Waals surface area contributed by atoms with Crippen LogP contribution < -0.4 is 10.6 Å². The van der Waals surface area contributed by atoms with Gasteiger partial charge in [-0.15, -0.1) is 22.7 Å². The van der Waals surface area contributed by atoms with Crippen molar-refractivity contribution in [2.45, 2.75) is 13.3 Å². The van der Waals surface area contributed by atoms with Gasteiger partial charge in [0.1, 0.15) is 0 Å². The summed E-state index contributed by atoms with van der Waals surface area (Å²) >= 11 is 8.72. The lowest BCUT2D eigenvalue weighted by Crippen LogP contribution is -2.13. The number of nitrogens with zero attached hydrogens (tertiary/aromatic N) is 1. The molecule has 0 aliphatic carbocycles. The molecule has 2 amide bonds. The van der Waals surface area contributed by atoms with Crippen LogP contribution in [0.3, 0.4) is 0 Å². The molecule has 0 aliphatic heterocycles. The maximum atomic E-state index is 12.4. The Kier molecular flexibility index (Phi) is 5.47. The van der Waals surface area contributed by atoms with Gasteiger partial charge in [-0.1, -0.05) is 24.6 Å². The molecule has 2 N–H and O–H groups in total. The van der Waals surface area contributed by atoms with Crippen molar-refractivity contribution in [2.24, 2.45) is 0 Å². The third-order valence-electron chi connectivity index (χ3n) is 3.28. The Bertz CT molecular complexity index is 920. The number of anilines is 2. The highest BCUT2D eigenvalue weighted by atomic mass is 35.5. The summed E-state index contributed by atoms with van der Waals surface area (Å²) in [6, 6.07) is 10.5. The lowest BCUT2D eigenvalue weighted by atomic mass is 10.2. The Balaban J connectivity index is 1.71. The van der Waals surface area contributed by atoms with Gasteiger partial charge >= 0.3 is 0 Å². The quantitative estimate of drug-likeness (QED) is 0.633. The lowest BCUT2D eigenvalue weighted by Gasteiger charge is -2.06. The largest absolute Gasteiger partial charge is 0.326 e. The lowest BCUT2D eigenvalue weighted by molar-refractivity contribution is -0.115. The number of hydrogen-bond acceptors (Lipinski definition) is 5. The van der Waals surface area contributed by atoms with Gasteiger partial charge in [-0.3, -0.25) is 14.9 Å². The normalized spacial score (nSPS) is 10.5. The molecule has 0 saturated carbocycles. The van der Waals surface area contributed by atoms with Gasteiger partial charge < -0.3 is 5.32 Å². The zero-order valence-corrected chi connectivity index (χ0v) is 15.6. The van der Waals surface area contributed by atoms with E-state index in [2.05, 4.69) is 15.6 Å². The summed E-state index contributed by atoms with van der Waals surface area (Å²) in [5.41, 5.74) is 1.82. The van der Waals surface area contributed by atoms with Crippen LogP contribution in [0.5, 0.6) is 0 Å².